The van der Waals surface area contributed by atoms with E-state index in [4.69, 9.17) is 0 Å². The molecular weight excluding hydrogens is 274 g/mol. The van der Waals surface area contributed by atoms with Crippen molar-refractivity contribution in [1.82, 2.24) is 10.3 Å². The molecule has 1 unspecified atom stereocenters. The number of nitrogens with one attached hydrogen (secondary N) is 1. The Balaban J connectivity index is 2.03. The molecular formula is C14H23N3O2S. The van der Waals surface area contributed by atoms with Crippen molar-refractivity contribution in [3.63, 3.8) is 0 Å². The number of nitrogens with zero attached hydrogens (tertiary/aromatic N) is 2. The normalized spacial score (nSPS) is 22.2. The highest BCUT2D eigenvalue weighted by atomic mass is 32.2. The molecule has 1 atom stereocenters. The maximum Gasteiger partial charge on any atom is 0.154 e. The van der Waals surface area contributed by atoms with Crippen LogP contribution >= 0.6 is 0 Å². The van der Waals surface area contributed by atoms with Gasteiger partial charge in [-0.2, -0.15) is 0 Å². The van der Waals surface area contributed by atoms with E-state index in [-0.39, 0.29) is 17.5 Å². The number of hydrogen-bond donors (Lipinski definition) is 1. The third kappa shape index (κ3) is 3.93. The molecule has 0 aromatic carbocycles. The largest absolute Gasteiger partial charge is 0.352 e. The first-order chi connectivity index (χ1) is 9.37. The molecule has 0 bridgehead atoms. The van der Waals surface area contributed by atoms with Crippen molar-refractivity contribution < 1.29 is 8.42 Å². The van der Waals surface area contributed by atoms with Crippen LogP contribution in [0.15, 0.2) is 18.3 Å². The molecule has 5 nitrogen and oxygen atoms in total. The van der Waals surface area contributed by atoms with Crippen molar-refractivity contribution in [2.24, 2.45) is 0 Å². The Morgan fingerprint density at radius 1 is 1.45 bits per heavy atom. The Morgan fingerprint density at radius 3 is 2.75 bits per heavy atom. The molecule has 6 heteroatoms. The average molecular weight is 297 g/mol. The molecule has 112 valence electrons. The first-order valence-corrected chi connectivity index (χ1v) is 8.85. The Morgan fingerprint density at radius 2 is 2.20 bits per heavy atom. The molecule has 1 saturated heterocycles. The fourth-order valence-corrected chi connectivity index (χ4v) is 3.91. The molecule has 0 spiro atoms. The summed E-state index contributed by atoms with van der Waals surface area (Å²) in [6, 6.07) is 4.46. The summed E-state index contributed by atoms with van der Waals surface area (Å²) in [6.07, 6.45) is 1.86. The molecule has 1 aromatic heterocycles. The molecule has 2 rings (SSSR count). The van der Waals surface area contributed by atoms with Gasteiger partial charge < -0.3 is 10.2 Å². The Bertz CT molecular complexity index is 540. The van der Waals surface area contributed by atoms with E-state index in [9.17, 15) is 8.42 Å². The van der Waals surface area contributed by atoms with Crippen molar-refractivity contribution in [3.05, 3.63) is 23.9 Å². The Labute approximate surface area is 121 Å². The summed E-state index contributed by atoms with van der Waals surface area (Å²) in [6.45, 7) is 7.48. The van der Waals surface area contributed by atoms with E-state index >= 15 is 0 Å². The highest BCUT2D eigenvalue weighted by molar-refractivity contribution is 7.91. The SMILES string of the molecule is CC(C)NCc1ccc(N2CCS(=O)(=O)CC2C)nc1. The highest BCUT2D eigenvalue weighted by Crippen LogP contribution is 2.19. The summed E-state index contributed by atoms with van der Waals surface area (Å²) in [4.78, 5) is 6.54. The lowest BCUT2D eigenvalue weighted by Crippen LogP contribution is -2.47. The van der Waals surface area contributed by atoms with Crippen molar-refractivity contribution in [1.29, 1.82) is 0 Å². The molecule has 20 heavy (non-hydrogen) atoms. The molecule has 0 radical (unpaired) electrons. The fourth-order valence-electron chi connectivity index (χ4n) is 2.35. The van der Waals surface area contributed by atoms with Gasteiger partial charge in [0.1, 0.15) is 5.82 Å². The molecule has 2 heterocycles. The number of sulfone groups is 1. The van der Waals surface area contributed by atoms with Crippen LogP contribution in [0.4, 0.5) is 5.82 Å². The smallest absolute Gasteiger partial charge is 0.154 e. The zero-order valence-electron chi connectivity index (χ0n) is 12.3. The van der Waals surface area contributed by atoms with Crippen LogP contribution in [0.2, 0.25) is 0 Å². The predicted octanol–water partition coefficient (Wildman–Crippen LogP) is 1.20. The van der Waals surface area contributed by atoms with Gasteiger partial charge >= 0.3 is 0 Å². The second kappa shape index (κ2) is 6.10. The molecule has 1 N–H and O–H groups in total. The number of hydrogen-bond acceptors (Lipinski definition) is 5. The lowest BCUT2D eigenvalue weighted by atomic mass is 10.2. The summed E-state index contributed by atoms with van der Waals surface area (Å²) in [5, 5.41) is 3.35. The van der Waals surface area contributed by atoms with Crippen molar-refractivity contribution >= 4 is 15.7 Å². The van der Waals surface area contributed by atoms with E-state index < -0.39 is 9.84 Å². The quantitative estimate of drug-likeness (QED) is 0.905. The van der Waals surface area contributed by atoms with Gasteiger partial charge in [0.05, 0.1) is 11.5 Å². The van der Waals surface area contributed by atoms with Crippen LogP contribution in [0.25, 0.3) is 0 Å². The van der Waals surface area contributed by atoms with Gasteiger partial charge in [0.15, 0.2) is 9.84 Å². The standard InChI is InChI=1S/C14H23N3O2S/c1-11(2)15-8-13-4-5-14(16-9-13)17-6-7-20(18,19)10-12(17)3/h4-5,9,11-12,15H,6-8,10H2,1-3H3. The zero-order valence-corrected chi connectivity index (χ0v) is 13.2. The van der Waals surface area contributed by atoms with E-state index in [2.05, 4.69) is 29.0 Å². The predicted molar refractivity (Wildman–Crippen MR) is 81.7 cm³/mol. The summed E-state index contributed by atoms with van der Waals surface area (Å²) in [7, 11) is -2.88. The molecule has 1 fully saturated rings. The lowest BCUT2D eigenvalue weighted by Gasteiger charge is -2.34. The van der Waals surface area contributed by atoms with E-state index in [1.165, 1.54) is 0 Å². The van der Waals surface area contributed by atoms with Crippen LogP contribution in [0.5, 0.6) is 0 Å². The third-order valence-electron chi connectivity index (χ3n) is 3.49. The minimum absolute atomic E-state index is 0.0131. The van der Waals surface area contributed by atoms with Crippen molar-refractivity contribution in [3.8, 4) is 0 Å². The maximum atomic E-state index is 11.6. The van der Waals surface area contributed by atoms with Gasteiger partial charge in [-0.3, -0.25) is 0 Å². The van der Waals surface area contributed by atoms with Crippen LogP contribution in [-0.2, 0) is 16.4 Å². The van der Waals surface area contributed by atoms with Crippen LogP contribution in [0.1, 0.15) is 26.3 Å². The summed E-state index contributed by atoms with van der Waals surface area (Å²) in [5.41, 5.74) is 1.14. The third-order valence-corrected chi connectivity index (χ3v) is 5.28. The number of rotatable bonds is 4. The Hall–Kier alpha value is -1.14. The average Bonchev–Trinajstić information content (AvgIpc) is 2.36. The van der Waals surface area contributed by atoms with Gasteiger partial charge in [-0.25, -0.2) is 13.4 Å². The minimum atomic E-state index is -2.88. The molecule has 1 aromatic rings. The monoisotopic (exact) mass is 297 g/mol. The molecule has 1 aliphatic heterocycles. The Kier molecular flexibility index (Phi) is 4.65. The number of pyridine rings is 1. The van der Waals surface area contributed by atoms with Gasteiger partial charge in [0, 0.05) is 31.4 Å². The van der Waals surface area contributed by atoms with E-state index in [0.29, 0.717) is 12.6 Å². The van der Waals surface area contributed by atoms with Crippen LogP contribution in [0, 0.1) is 0 Å². The summed E-state index contributed by atoms with van der Waals surface area (Å²) >= 11 is 0. The van der Waals surface area contributed by atoms with E-state index in [1.807, 2.05) is 25.3 Å². The molecule has 0 aliphatic carbocycles. The van der Waals surface area contributed by atoms with E-state index in [1.54, 1.807) is 0 Å². The van der Waals surface area contributed by atoms with Crippen LogP contribution < -0.4 is 10.2 Å². The zero-order chi connectivity index (χ0) is 14.8. The van der Waals surface area contributed by atoms with Gasteiger partial charge in [0.25, 0.3) is 0 Å². The van der Waals surface area contributed by atoms with Crippen molar-refractivity contribution in [2.75, 3.05) is 23.0 Å². The van der Waals surface area contributed by atoms with Gasteiger partial charge in [-0.05, 0) is 18.6 Å². The van der Waals surface area contributed by atoms with E-state index in [0.717, 1.165) is 17.9 Å². The van der Waals surface area contributed by atoms with Crippen molar-refractivity contribution in [2.45, 2.75) is 39.4 Å². The van der Waals surface area contributed by atoms with Gasteiger partial charge in [-0.1, -0.05) is 19.9 Å². The fraction of sp³-hybridized carbons (Fsp3) is 0.643. The highest BCUT2D eigenvalue weighted by Gasteiger charge is 2.28. The van der Waals surface area contributed by atoms with Crippen LogP contribution in [-0.4, -0.2) is 43.5 Å². The van der Waals surface area contributed by atoms with Crippen LogP contribution in [0.3, 0.4) is 0 Å². The maximum absolute atomic E-state index is 11.6. The van der Waals surface area contributed by atoms with Gasteiger partial charge in [0.2, 0.25) is 0 Å². The first kappa shape index (κ1) is 15.3. The second-order valence-electron chi connectivity index (χ2n) is 5.72. The van der Waals surface area contributed by atoms with Gasteiger partial charge in [-0.15, -0.1) is 0 Å². The first-order valence-electron chi connectivity index (χ1n) is 7.03. The number of aromatic nitrogens is 1. The number of anilines is 1. The molecule has 0 amide bonds. The summed E-state index contributed by atoms with van der Waals surface area (Å²) < 4.78 is 23.2. The topological polar surface area (TPSA) is 62.3 Å². The lowest BCUT2D eigenvalue weighted by molar-refractivity contribution is 0.566. The second-order valence-corrected chi connectivity index (χ2v) is 7.95. The summed E-state index contributed by atoms with van der Waals surface area (Å²) in [5.74, 6) is 1.29. The molecule has 0 saturated carbocycles. The minimum Gasteiger partial charge on any atom is -0.352 e. The molecule has 1 aliphatic rings.